The number of aryl methyl sites for hydroxylation is 2. The Morgan fingerprint density at radius 1 is 1.20 bits per heavy atom. The molecule has 0 fully saturated rings. The number of aromatic nitrogens is 4. The fourth-order valence-electron chi connectivity index (χ4n) is 4.27. The molecular weight excluding hydrogens is 450 g/mol. The molecule has 35 heavy (non-hydrogen) atoms. The molecule has 0 radical (unpaired) electrons. The van der Waals surface area contributed by atoms with Crippen LogP contribution in [0.2, 0.25) is 0 Å². The molecule has 188 valence electrons. The van der Waals surface area contributed by atoms with Crippen molar-refractivity contribution in [2.45, 2.75) is 66.1 Å². The van der Waals surface area contributed by atoms with Crippen LogP contribution in [0.1, 0.15) is 51.4 Å². The summed E-state index contributed by atoms with van der Waals surface area (Å²) in [5, 5.41) is 2.94. The SMILES string of the molecule is CCCCn1c(=O)[nH]c(=O)c2c1nc(CCC(=O)NCc1cccc3c1OCCO3)n2CC(C)C. The molecular formula is C25H33N5O5. The van der Waals surface area contributed by atoms with Gasteiger partial charge in [-0.25, -0.2) is 9.78 Å². The molecule has 1 amide bonds. The second-order valence-corrected chi connectivity index (χ2v) is 9.19. The van der Waals surface area contributed by atoms with Crippen LogP contribution in [0.3, 0.4) is 0 Å². The van der Waals surface area contributed by atoms with Gasteiger partial charge in [0, 0.05) is 38.0 Å². The normalized spacial score (nSPS) is 12.9. The zero-order valence-corrected chi connectivity index (χ0v) is 20.6. The molecule has 3 aromatic rings. The Bertz CT molecular complexity index is 1320. The molecule has 2 N–H and O–H groups in total. The van der Waals surface area contributed by atoms with E-state index < -0.39 is 11.2 Å². The van der Waals surface area contributed by atoms with Crippen LogP contribution in [0.15, 0.2) is 27.8 Å². The van der Waals surface area contributed by atoms with Crippen LogP contribution in [0, 0.1) is 5.92 Å². The second kappa shape index (κ2) is 10.8. The zero-order chi connectivity index (χ0) is 24.9. The third kappa shape index (κ3) is 5.41. The van der Waals surface area contributed by atoms with E-state index in [1.165, 1.54) is 4.57 Å². The maximum absolute atomic E-state index is 12.7. The zero-order valence-electron chi connectivity index (χ0n) is 20.6. The molecule has 3 heterocycles. The highest BCUT2D eigenvalue weighted by molar-refractivity contribution is 5.76. The highest BCUT2D eigenvalue weighted by Crippen LogP contribution is 2.33. The first-order chi connectivity index (χ1) is 16.9. The van der Waals surface area contributed by atoms with Crippen LogP contribution in [0.4, 0.5) is 0 Å². The highest BCUT2D eigenvalue weighted by Gasteiger charge is 2.20. The standard InChI is InChI=1S/C25H33N5O5/c1-4-5-11-29-23-21(24(32)28-25(29)33)30(15-16(2)3)19(27-23)9-10-20(31)26-14-17-7-6-8-18-22(17)35-13-12-34-18/h6-8,16H,4-5,9-15H2,1-3H3,(H,26,31)(H,28,32,33). The van der Waals surface area contributed by atoms with Gasteiger partial charge in [0.2, 0.25) is 5.91 Å². The number of carbonyl (C=O) groups excluding carboxylic acids is 1. The predicted octanol–water partition coefficient (Wildman–Crippen LogP) is 2.36. The molecule has 1 aromatic carbocycles. The van der Waals surface area contributed by atoms with E-state index in [0.717, 1.165) is 18.4 Å². The number of unbranched alkanes of at least 4 members (excludes halogenated alkanes) is 1. The maximum atomic E-state index is 12.7. The maximum Gasteiger partial charge on any atom is 0.330 e. The fraction of sp³-hybridized carbons (Fsp3) is 0.520. The summed E-state index contributed by atoms with van der Waals surface area (Å²) in [6.45, 7) is 8.50. The minimum absolute atomic E-state index is 0.139. The second-order valence-electron chi connectivity index (χ2n) is 9.19. The van der Waals surface area contributed by atoms with Gasteiger partial charge in [-0.3, -0.25) is 19.1 Å². The Balaban J connectivity index is 1.53. The van der Waals surface area contributed by atoms with Crippen LogP contribution in [0.25, 0.3) is 11.2 Å². The number of imidazole rings is 1. The predicted molar refractivity (Wildman–Crippen MR) is 132 cm³/mol. The summed E-state index contributed by atoms with van der Waals surface area (Å²) in [6.07, 6.45) is 2.26. The Hall–Kier alpha value is -3.56. The first-order valence-corrected chi connectivity index (χ1v) is 12.3. The Labute approximate surface area is 203 Å². The molecule has 0 atom stereocenters. The third-order valence-corrected chi connectivity index (χ3v) is 5.95. The molecule has 10 nitrogen and oxygen atoms in total. The molecule has 0 saturated heterocycles. The van der Waals surface area contributed by atoms with Crippen molar-refractivity contribution in [3.8, 4) is 11.5 Å². The number of ether oxygens (including phenoxy) is 2. The summed E-state index contributed by atoms with van der Waals surface area (Å²) in [6, 6.07) is 5.62. The molecule has 0 spiro atoms. The van der Waals surface area contributed by atoms with Crippen molar-refractivity contribution in [3.05, 3.63) is 50.4 Å². The lowest BCUT2D eigenvalue weighted by Crippen LogP contribution is -2.31. The number of benzene rings is 1. The Kier molecular flexibility index (Phi) is 7.57. The van der Waals surface area contributed by atoms with E-state index in [1.807, 2.05) is 29.7 Å². The summed E-state index contributed by atoms with van der Waals surface area (Å²) in [4.78, 5) is 45.0. The van der Waals surface area contributed by atoms with Gasteiger partial charge in [-0.05, 0) is 18.4 Å². The third-order valence-electron chi connectivity index (χ3n) is 5.95. The lowest BCUT2D eigenvalue weighted by Gasteiger charge is -2.21. The van der Waals surface area contributed by atoms with Crippen molar-refractivity contribution in [2.75, 3.05) is 13.2 Å². The van der Waals surface area contributed by atoms with E-state index in [1.54, 1.807) is 0 Å². The molecule has 0 bridgehead atoms. The fourth-order valence-corrected chi connectivity index (χ4v) is 4.27. The van der Waals surface area contributed by atoms with Crippen LogP contribution in [-0.4, -0.2) is 38.2 Å². The number of H-pyrrole nitrogens is 1. The average Bonchev–Trinajstić information content (AvgIpc) is 3.19. The van der Waals surface area contributed by atoms with Crippen LogP contribution in [0.5, 0.6) is 11.5 Å². The molecule has 0 aliphatic carbocycles. The summed E-state index contributed by atoms with van der Waals surface area (Å²) < 4.78 is 14.7. The van der Waals surface area contributed by atoms with Gasteiger partial charge >= 0.3 is 5.69 Å². The number of hydrogen-bond donors (Lipinski definition) is 2. The molecule has 0 unspecified atom stereocenters. The quantitative estimate of drug-likeness (QED) is 0.457. The smallest absolute Gasteiger partial charge is 0.330 e. The van der Waals surface area contributed by atoms with E-state index in [-0.39, 0.29) is 18.2 Å². The van der Waals surface area contributed by atoms with Gasteiger partial charge in [-0.15, -0.1) is 0 Å². The minimum Gasteiger partial charge on any atom is -0.486 e. The molecule has 0 saturated carbocycles. The number of rotatable bonds is 10. The van der Waals surface area contributed by atoms with Crippen molar-refractivity contribution in [3.63, 3.8) is 0 Å². The topological polar surface area (TPSA) is 120 Å². The summed E-state index contributed by atoms with van der Waals surface area (Å²) in [5.41, 5.74) is 0.729. The number of para-hydroxylation sites is 1. The number of carbonyl (C=O) groups is 1. The Morgan fingerprint density at radius 3 is 2.77 bits per heavy atom. The summed E-state index contributed by atoms with van der Waals surface area (Å²) >= 11 is 0. The van der Waals surface area contributed by atoms with Gasteiger partial charge < -0.3 is 19.4 Å². The van der Waals surface area contributed by atoms with Crippen LogP contribution < -0.4 is 26.0 Å². The van der Waals surface area contributed by atoms with Gasteiger partial charge in [-0.2, -0.15) is 0 Å². The lowest BCUT2D eigenvalue weighted by atomic mass is 10.1. The van der Waals surface area contributed by atoms with E-state index >= 15 is 0 Å². The van der Waals surface area contributed by atoms with E-state index in [0.29, 0.717) is 67.8 Å². The first-order valence-electron chi connectivity index (χ1n) is 12.3. The van der Waals surface area contributed by atoms with Crippen molar-refractivity contribution in [2.24, 2.45) is 5.92 Å². The van der Waals surface area contributed by atoms with Gasteiger partial charge in [0.05, 0.1) is 0 Å². The molecule has 1 aliphatic rings. The molecule has 1 aliphatic heterocycles. The molecule has 2 aromatic heterocycles. The van der Waals surface area contributed by atoms with E-state index in [9.17, 15) is 14.4 Å². The highest BCUT2D eigenvalue weighted by atomic mass is 16.6. The van der Waals surface area contributed by atoms with Gasteiger partial charge in [0.25, 0.3) is 5.56 Å². The van der Waals surface area contributed by atoms with Crippen molar-refractivity contribution < 1.29 is 14.3 Å². The first kappa shape index (κ1) is 24.6. The number of fused-ring (bicyclic) bond motifs is 2. The van der Waals surface area contributed by atoms with Crippen LogP contribution in [-0.2, 0) is 30.8 Å². The number of aromatic amines is 1. The van der Waals surface area contributed by atoms with Crippen molar-refractivity contribution >= 4 is 17.1 Å². The molecule has 4 rings (SSSR count). The summed E-state index contributed by atoms with van der Waals surface area (Å²) in [7, 11) is 0. The van der Waals surface area contributed by atoms with Crippen molar-refractivity contribution in [1.29, 1.82) is 0 Å². The lowest BCUT2D eigenvalue weighted by molar-refractivity contribution is -0.121. The summed E-state index contributed by atoms with van der Waals surface area (Å²) in [5.74, 6) is 2.09. The number of hydrogen-bond acceptors (Lipinski definition) is 6. The number of nitrogens with one attached hydrogen (secondary N) is 2. The Morgan fingerprint density at radius 2 is 2.00 bits per heavy atom. The monoisotopic (exact) mass is 483 g/mol. The molecule has 10 heteroatoms. The number of amides is 1. The van der Waals surface area contributed by atoms with Crippen LogP contribution >= 0.6 is 0 Å². The average molecular weight is 484 g/mol. The van der Waals surface area contributed by atoms with Gasteiger partial charge in [0.15, 0.2) is 22.7 Å². The largest absolute Gasteiger partial charge is 0.486 e. The van der Waals surface area contributed by atoms with Gasteiger partial charge in [-0.1, -0.05) is 39.3 Å². The van der Waals surface area contributed by atoms with Crippen molar-refractivity contribution in [1.82, 2.24) is 24.4 Å². The number of nitrogens with zero attached hydrogens (tertiary/aromatic N) is 3. The van der Waals surface area contributed by atoms with E-state index in [2.05, 4.69) is 29.1 Å². The van der Waals surface area contributed by atoms with Gasteiger partial charge in [0.1, 0.15) is 19.0 Å². The van der Waals surface area contributed by atoms with E-state index in [4.69, 9.17) is 9.47 Å². The minimum atomic E-state index is -0.452.